The van der Waals surface area contributed by atoms with Gasteiger partial charge in [0.05, 0.1) is 5.92 Å². The van der Waals surface area contributed by atoms with E-state index >= 15 is 0 Å². The number of hydrogen-bond donors (Lipinski definition) is 1. The van der Waals surface area contributed by atoms with Crippen molar-refractivity contribution in [1.29, 1.82) is 0 Å². The van der Waals surface area contributed by atoms with Gasteiger partial charge in [0.15, 0.2) is 0 Å². The van der Waals surface area contributed by atoms with E-state index < -0.39 is 0 Å². The highest BCUT2D eigenvalue weighted by Gasteiger charge is 2.18. The molecule has 2 aromatic carbocycles. The Kier molecular flexibility index (Phi) is 6.23. The molecular formula is C20H24ClNO. The van der Waals surface area contributed by atoms with Gasteiger partial charge in [-0.3, -0.25) is 4.79 Å². The molecule has 2 rings (SSSR count). The largest absolute Gasteiger partial charge is 0.351 e. The van der Waals surface area contributed by atoms with Crippen LogP contribution < -0.4 is 5.32 Å². The predicted molar refractivity (Wildman–Crippen MR) is 96.9 cm³/mol. The number of benzene rings is 2. The van der Waals surface area contributed by atoms with Gasteiger partial charge in [-0.2, -0.15) is 0 Å². The smallest absolute Gasteiger partial charge is 0.227 e. The lowest BCUT2D eigenvalue weighted by Gasteiger charge is -2.16. The quantitative estimate of drug-likeness (QED) is 0.792. The molecule has 0 heterocycles. The topological polar surface area (TPSA) is 29.1 Å². The third kappa shape index (κ3) is 4.59. The molecule has 0 radical (unpaired) electrons. The second-order valence-electron chi connectivity index (χ2n) is 5.84. The summed E-state index contributed by atoms with van der Waals surface area (Å²) < 4.78 is 0. The molecule has 0 saturated heterocycles. The molecule has 0 aliphatic heterocycles. The lowest BCUT2D eigenvalue weighted by atomic mass is 9.95. The minimum atomic E-state index is -0.137. The number of nitrogens with one attached hydrogen (secondary N) is 1. The normalized spacial score (nSPS) is 12.0. The molecule has 2 nitrogen and oxygen atoms in total. The maximum absolute atomic E-state index is 12.6. The highest BCUT2D eigenvalue weighted by molar-refractivity contribution is 6.30. The Hall–Kier alpha value is -1.80. The number of amides is 1. The van der Waals surface area contributed by atoms with Crippen molar-refractivity contribution in [3.63, 3.8) is 0 Å². The molecular weight excluding hydrogens is 306 g/mol. The second-order valence-corrected chi connectivity index (χ2v) is 6.28. The van der Waals surface area contributed by atoms with Crippen molar-refractivity contribution >= 4 is 17.5 Å². The third-order valence-corrected chi connectivity index (χ3v) is 4.52. The Bertz CT molecular complexity index is 664. The molecule has 0 aliphatic rings. The Morgan fingerprint density at radius 1 is 1.13 bits per heavy atom. The summed E-state index contributed by atoms with van der Waals surface area (Å²) in [5.41, 5.74) is 4.70. The molecule has 0 bridgehead atoms. The summed E-state index contributed by atoms with van der Waals surface area (Å²) in [5.74, 6) is -0.0712. The fraction of sp³-hybridized carbons (Fsp3) is 0.350. The molecule has 2 aromatic rings. The summed E-state index contributed by atoms with van der Waals surface area (Å²) in [6.07, 6.45) is 1.77. The first-order valence-electron chi connectivity index (χ1n) is 8.16. The molecule has 3 heteroatoms. The Morgan fingerprint density at radius 3 is 2.43 bits per heavy atom. The van der Waals surface area contributed by atoms with Crippen LogP contribution in [-0.2, 0) is 17.8 Å². The SMILES string of the molecule is CCc1ccc(C)c(CNC(=O)C(CC)c2ccc(Cl)cc2)c1. The number of carbonyl (C=O) groups excluding carboxylic acids is 1. The van der Waals surface area contributed by atoms with Crippen LogP contribution in [0.15, 0.2) is 42.5 Å². The van der Waals surface area contributed by atoms with Crippen LogP contribution in [0.1, 0.15) is 48.4 Å². The van der Waals surface area contributed by atoms with Crippen LogP contribution in [0.5, 0.6) is 0 Å². The monoisotopic (exact) mass is 329 g/mol. The zero-order valence-corrected chi connectivity index (χ0v) is 14.8. The van der Waals surface area contributed by atoms with E-state index in [4.69, 9.17) is 11.6 Å². The van der Waals surface area contributed by atoms with Crippen molar-refractivity contribution in [2.75, 3.05) is 0 Å². The lowest BCUT2D eigenvalue weighted by Crippen LogP contribution is -2.29. The van der Waals surface area contributed by atoms with Crippen LogP contribution in [0.25, 0.3) is 0 Å². The summed E-state index contributed by atoms with van der Waals surface area (Å²) in [4.78, 5) is 12.6. The van der Waals surface area contributed by atoms with E-state index in [0.29, 0.717) is 11.6 Å². The number of hydrogen-bond acceptors (Lipinski definition) is 1. The van der Waals surface area contributed by atoms with Gasteiger partial charge in [-0.15, -0.1) is 0 Å². The Morgan fingerprint density at radius 2 is 1.83 bits per heavy atom. The van der Waals surface area contributed by atoms with Crippen LogP contribution >= 0.6 is 11.6 Å². The summed E-state index contributed by atoms with van der Waals surface area (Å²) in [6, 6.07) is 14.0. The third-order valence-electron chi connectivity index (χ3n) is 4.27. The van der Waals surface area contributed by atoms with Gasteiger partial charge in [-0.1, -0.05) is 55.8 Å². The number of carbonyl (C=O) groups is 1. The van der Waals surface area contributed by atoms with Crippen molar-refractivity contribution in [3.05, 3.63) is 69.7 Å². The maximum Gasteiger partial charge on any atom is 0.227 e. The molecule has 1 atom stereocenters. The highest BCUT2D eigenvalue weighted by atomic mass is 35.5. The minimum absolute atomic E-state index is 0.0659. The molecule has 0 aliphatic carbocycles. The van der Waals surface area contributed by atoms with E-state index in [2.05, 4.69) is 37.4 Å². The fourth-order valence-electron chi connectivity index (χ4n) is 2.71. The van der Waals surface area contributed by atoms with Gasteiger partial charge in [-0.05, 0) is 54.2 Å². The summed E-state index contributed by atoms with van der Waals surface area (Å²) >= 11 is 5.93. The molecule has 1 amide bonds. The summed E-state index contributed by atoms with van der Waals surface area (Å²) in [5, 5.41) is 3.77. The first-order valence-corrected chi connectivity index (χ1v) is 8.54. The highest BCUT2D eigenvalue weighted by Crippen LogP contribution is 2.22. The van der Waals surface area contributed by atoms with Gasteiger partial charge < -0.3 is 5.32 Å². The van der Waals surface area contributed by atoms with Crippen molar-refractivity contribution < 1.29 is 4.79 Å². The first kappa shape index (κ1) is 17.6. The van der Waals surface area contributed by atoms with Gasteiger partial charge in [0, 0.05) is 11.6 Å². The van der Waals surface area contributed by atoms with Gasteiger partial charge >= 0.3 is 0 Å². The molecule has 1 unspecified atom stereocenters. The lowest BCUT2D eigenvalue weighted by molar-refractivity contribution is -0.122. The Labute approximate surface area is 143 Å². The number of rotatable bonds is 6. The van der Waals surface area contributed by atoms with Crippen LogP contribution in [0.3, 0.4) is 0 Å². The van der Waals surface area contributed by atoms with E-state index in [-0.39, 0.29) is 11.8 Å². The van der Waals surface area contributed by atoms with Crippen LogP contribution in [0.4, 0.5) is 0 Å². The molecule has 1 N–H and O–H groups in total. The van der Waals surface area contributed by atoms with Crippen molar-refractivity contribution in [2.24, 2.45) is 0 Å². The van der Waals surface area contributed by atoms with Crippen molar-refractivity contribution in [1.82, 2.24) is 5.32 Å². The van der Waals surface area contributed by atoms with E-state index in [1.165, 1.54) is 16.7 Å². The van der Waals surface area contributed by atoms with Crippen LogP contribution in [-0.4, -0.2) is 5.91 Å². The standard InChI is InChI=1S/C20H24ClNO/c1-4-15-7-6-14(3)17(12-15)13-22-20(23)19(5-2)16-8-10-18(21)11-9-16/h6-12,19H,4-5,13H2,1-3H3,(H,22,23). The number of aryl methyl sites for hydroxylation is 2. The van der Waals surface area contributed by atoms with Crippen LogP contribution in [0.2, 0.25) is 5.02 Å². The summed E-state index contributed by atoms with van der Waals surface area (Å²) in [6.45, 7) is 6.82. The molecule has 0 aromatic heterocycles. The summed E-state index contributed by atoms with van der Waals surface area (Å²) in [7, 11) is 0. The molecule has 0 saturated carbocycles. The van der Waals surface area contributed by atoms with E-state index in [0.717, 1.165) is 18.4 Å². The molecule has 0 fully saturated rings. The van der Waals surface area contributed by atoms with Crippen molar-refractivity contribution in [2.45, 2.75) is 46.1 Å². The molecule has 0 spiro atoms. The minimum Gasteiger partial charge on any atom is -0.351 e. The van der Waals surface area contributed by atoms with E-state index in [1.807, 2.05) is 31.2 Å². The van der Waals surface area contributed by atoms with Gasteiger partial charge in [0.1, 0.15) is 0 Å². The first-order chi connectivity index (χ1) is 11.0. The maximum atomic E-state index is 12.6. The zero-order valence-electron chi connectivity index (χ0n) is 14.0. The second kappa shape index (κ2) is 8.16. The predicted octanol–water partition coefficient (Wildman–Crippen LogP) is 5.02. The van der Waals surface area contributed by atoms with Crippen molar-refractivity contribution in [3.8, 4) is 0 Å². The molecule has 23 heavy (non-hydrogen) atoms. The average Bonchev–Trinajstić information content (AvgIpc) is 2.56. The van der Waals surface area contributed by atoms with Gasteiger partial charge in [0.2, 0.25) is 5.91 Å². The fourth-order valence-corrected chi connectivity index (χ4v) is 2.83. The zero-order chi connectivity index (χ0) is 16.8. The number of halogens is 1. The van der Waals surface area contributed by atoms with E-state index in [1.54, 1.807) is 0 Å². The van der Waals surface area contributed by atoms with Gasteiger partial charge in [-0.25, -0.2) is 0 Å². The van der Waals surface area contributed by atoms with Gasteiger partial charge in [0.25, 0.3) is 0 Å². The van der Waals surface area contributed by atoms with E-state index in [9.17, 15) is 4.79 Å². The Balaban J connectivity index is 2.07. The average molecular weight is 330 g/mol. The van der Waals surface area contributed by atoms with Crippen LogP contribution in [0, 0.1) is 6.92 Å². The molecule has 122 valence electrons.